The predicted octanol–water partition coefficient (Wildman–Crippen LogP) is 2.38. The molecule has 0 aliphatic heterocycles. The zero-order valence-corrected chi connectivity index (χ0v) is 10.4. The summed E-state index contributed by atoms with van der Waals surface area (Å²) in [6, 6.07) is 8.03. The van der Waals surface area contributed by atoms with Crippen LogP contribution in [0.3, 0.4) is 0 Å². The van der Waals surface area contributed by atoms with Crippen molar-refractivity contribution < 1.29 is 9.47 Å². The lowest BCUT2D eigenvalue weighted by atomic mass is 10.2. The maximum absolute atomic E-state index is 5.58. The van der Waals surface area contributed by atoms with Crippen molar-refractivity contribution in [3.8, 4) is 5.75 Å². The van der Waals surface area contributed by atoms with Crippen molar-refractivity contribution in [3.05, 3.63) is 42.5 Å². The molecule has 0 radical (unpaired) electrons. The first-order chi connectivity index (χ1) is 8.38. The van der Waals surface area contributed by atoms with Gasteiger partial charge in [-0.05, 0) is 13.0 Å². The second-order valence-corrected chi connectivity index (χ2v) is 3.58. The van der Waals surface area contributed by atoms with Gasteiger partial charge in [0.1, 0.15) is 12.4 Å². The summed E-state index contributed by atoms with van der Waals surface area (Å²) in [7, 11) is 0. The molecule has 0 amide bonds. The largest absolute Gasteiger partial charge is 0.489 e. The molecule has 1 N–H and O–H groups in total. The van der Waals surface area contributed by atoms with E-state index in [9.17, 15) is 0 Å². The molecule has 3 nitrogen and oxygen atoms in total. The van der Waals surface area contributed by atoms with Crippen LogP contribution in [0.2, 0.25) is 0 Å². The Morgan fingerprint density at radius 1 is 1.35 bits per heavy atom. The number of hydrogen-bond donors (Lipinski definition) is 1. The third-order valence-electron chi connectivity index (χ3n) is 2.27. The summed E-state index contributed by atoms with van der Waals surface area (Å²) in [6.07, 6.45) is 1.75. The molecule has 0 unspecified atom stereocenters. The van der Waals surface area contributed by atoms with Gasteiger partial charge in [-0.1, -0.05) is 30.9 Å². The predicted molar refractivity (Wildman–Crippen MR) is 70.3 cm³/mol. The molecular weight excluding hydrogens is 214 g/mol. The van der Waals surface area contributed by atoms with Crippen LogP contribution in [-0.2, 0) is 11.3 Å². The van der Waals surface area contributed by atoms with Crippen molar-refractivity contribution in [2.45, 2.75) is 13.5 Å². The van der Waals surface area contributed by atoms with Gasteiger partial charge in [0.2, 0.25) is 0 Å². The number of benzene rings is 1. The standard InChI is InChI=1S/C14H21NO2/c1-3-10-17-14-8-6-5-7-13(14)12-15-9-11-16-4-2/h3,5-8,15H,1,4,9-12H2,2H3. The highest BCUT2D eigenvalue weighted by atomic mass is 16.5. The van der Waals surface area contributed by atoms with E-state index in [1.807, 2.05) is 25.1 Å². The van der Waals surface area contributed by atoms with Gasteiger partial charge in [0.05, 0.1) is 6.61 Å². The Kier molecular flexibility index (Phi) is 7.11. The number of rotatable bonds is 9. The number of para-hydroxylation sites is 1. The van der Waals surface area contributed by atoms with E-state index in [1.54, 1.807) is 6.08 Å². The molecule has 0 atom stereocenters. The van der Waals surface area contributed by atoms with Crippen LogP contribution in [0.4, 0.5) is 0 Å². The molecular formula is C14H21NO2. The lowest BCUT2D eigenvalue weighted by molar-refractivity contribution is 0.149. The quantitative estimate of drug-likeness (QED) is 0.526. The van der Waals surface area contributed by atoms with Crippen molar-refractivity contribution in [2.75, 3.05) is 26.4 Å². The van der Waals surface area contributed by atoms with E-state index < -0.39 is 0 Å². The molecule has 0 aliphatic carbocycles. The Labute approximate surface area is 103 Å². The minimum absolute atomic E-state index is 0.538. The summed E-state index contributed by atoms with van der Waals surface area (Å²) in [6.45, 7) is 9.33. The highest BCUT2D eigenvalue weighted by Crippen LogP contribution is 2.17. The summed E-state index contributed by atoms with van der Waals surface area (Å²) in [4.78, 5) is 0. The lowest BCUT2D eigenvalue weighted by Crippen LogP contribution is -2.19. The van der Waals surface area contributed by atoms with Crippen LogP contribution in [0, 0.1) is 0 Å². The smallest absolute Gasteiger partial charge is 0.124 e. The van der Waals surface area contributed by atoms with Crippen molar-refractivity contribution in [1.82, 2.24) is 5.32 Å². The van der Waals surface area contributed by atoms with Gasteiger partial charge in [-0.15, -0.1) is 0 Å². The number of nitrogens with one attached hydrogen (secondary N) is 1. The topological polar surface area (TPSA) is 30.5 Å². The first kappa shape index (κ1) is 13.7. The van der Waals surface area contributed by atoms with Crippen LogP contribution in [0.5, 0.6) is 5.75 Å². The van der Waals surface area contributed by atoms with Crippen molar-refractivity contribution in [2.24, 2.45) is 0 Å². The van der Waals surface area contributed by atoms with Crippen molar-refractivity contribution in [1.29, 1.82) is 0 Å². The summed E-state index contributed by atoms with van der Waals surface area (Å²) in [5.74, 6) is 0.913. The van der Waals surface area contributed by atoms with Crippen LogP contribution in [-0.4, -0.2) is 26.4 Å². The van der Waals surface area contributed by atoms with E-state index in [1.165, 1.54) is 0 Å². The van der Waals surface area contributed by atoms with E-state index in [2.05, 4.69) is 18.0 Å². The Balaban J connectivity index is 2.37. The van der Waals surface area contributed by atoms with E-state index >= 15 is 0 Å². The summed E-state index contributed by atoms with van der Waals surface area (Å²) in [5.41, 5.74) is 1.16. The van der Waals surface area contributed by atoms with E-state index in [0.717, 1.165) is 37.6 Å². The van der Waals surface area contributed by atoms with E-state index in [0.29, 0.717) is 6.61 Å². The minimum Gasteiger partial charge on any atom is -0.489 e. The maximum Gasteiger partial charge on any atom is 0.124 e. The maximum atomic E-state index is 5.58. The third-order valence-corrected chi connectivity index (χ3v) is 2.27. The van der Waals surface area contributed by atoms with E-state index in [4.69, 9.17) is 9.47 Å². The Hall–Kier alpha value is -1.32. The molecule has 3 heteroatoms. The summed E-state index contributed by atoms with van der Waals surface area (Å²) in [5, 5.41) is 3.32. The molecule has 0 saturated heterocycles. The fraction of sp³-hybridized carbons (Fsp3) is 0.429. The molecule has 0 aromatic heterocycles. The number of hydrogen-bond acceptors (Lipinski definition) is 3. The molecule has 1 rings (SSSR count). The number of ether oxygens (including phenoxy) is 2. The molecule has 0 heterocycles. The van der Waals surface area contributed by atoms with Crippen molar-refractivity contribution in [3.63, 3.8) is 0 Å². The summed E-state index contributed by atoms with van der Waals surface area (Å²) >= 11 is 0. The Bertz CT molecular complexity index is 326. The average molecular weight is 235 g/mol. The second-order valence-electron chi connectivity index (χ2n) is 3.58. The van der Waals surface area contributed by atoms with Crippen LogP contribution < -0.4 is 10.1 Å². The molecule has 0 bridgehead atoms. The molecule has 1 aromatic rings. The highest BCUT2D eigenvalue weighted by Gasteiger charge is 2.01. The first-order valence-corrected chi connectivity index (χ1v) is 5.98. The fourth-order valence-electron chi connectivity index (χ4n) is 1.45. The van der Waals surface area contributed by atoms with Gasteiger partial charge in [-0.25, -0.2) is 0 Å². The zero-order chi connectivity index (χ0) is 12.3. The average Bonchev–Trinajstić information content (AvgIpc) is 2.37. The molecule has 94 valence electrons. The normalized spacial score (nSPS) is 10.2. The Morgan fingerprint density at radius 3 is 2.94 bits per heavy atom. The Morgan fingerprint density at radius 2 is 2.18 bits per heavy atom. The summed E-state index contributed by atoms with van der Waals surface area (Å²) < 4.78 is 10.8. The lowest BCUT2D eigenvalue weighted by Gasteiger charge is -2.10. The van der Waals surface area contributed by atoms with Crippen LogP contribution >= 0.6 is 0 Å². The van der Waals surface area contributed by atoms with Crippen molar-refractivity contribution >= 4 is 0 Å². The molecule has 1 aromatic carbocycles. The second kappa shape index (κ2) is 8.79. The van der Waals surface area contributed by atoms with Crippen LogP contribution in [0.1, 0.15) is 12.5 Å². The van der Waals surface area contributed by atoms with E-state index in [-0.39, 0.29) is 0 Å². The minimum atomic E-state index is 0.538. The SMILES string of the molecule is C=CCOc1ccccc1CNCCOCC. The van der Waals surface area contributed by atoms with Gasteiger partial charge in [0.25, 0.3) is 0 Å². The highest BCUT2D eigenvalue weighted by molar-refractivity contribution is 5.33. The van der Waals surface area contributed by atoms with Gasteiger partial charge in [0.15, 0.2) is 0 Å². The fourth-order valence-corrected chi connectivity index (χ4v) is 1.45. The van der Waals surface area contributed by atoms with Gasteiger partial charge >= 0.3 is 0 Å². The monoisotopic (exact) mass is 235 g/mol. The van der Waals surface area contributed by atoms with Crippen LogP contribution in [0.15, 0.2) is 36.9 Å². The van der Waals surface area contributed by atoms with Gasteiger partial charge in [0, 0.05) is 25.3 Å². The van der Waals surface area contributed by atoms with Gasteiger partial charge in [-0.2, -0.15) is 0 Å². The zero-order valence-electron chi connectivity index (χ0n) is 10.4. The molecule has 0 fully saturated rings. The third kappa shape index (κ3) is 5.52. The van der Waals surface area contributed by atoms with Crippen LogP contribution in [0.25, 0.3) is 0 Å². The molecule has 0 saturated carbocycles. The van der Waals surface area contributed by atoms with Gasteiger partial charge in [-0.3, -0.25) is 0 Å². The first-order valence-electron chi connectivity index (χ1n) is 5.98. The van der Waals surface area contributed by atoms with Gasteiger partial charge < -0.3 is 14.8 Å². The molecule has 0 spiro atoms. The molecule has 0 aliphatic rings. The molecule has 17 heavy (non-hydrogen) atoms.